The van der Waals surface area contributed by atoms with Crippen LogP contribution in [-0.2, 0) is 12.8 Å². The molecule has 2 fully saturated rings. The third-order valence-corrected chi connectivity index (χ3v) is 6.48. The Labute approximate surface area is 172 Å². The number of fused-ring (bicyclic) bond motifs is 3. The molecule has 1 aromatic heterocycles. The van der Waals surface area contributed by atoms with E-state index in [1.54, 1.807) is 0 Å². The predicted octanol–water partition coefficient (Wildman–Crippen LogP) is 3.49. The van der Waals surface area contributed by atoms with Crippen LogP contribution in [0.2, 0.25) is 0 Å². The van der Waals surface area contributed by atoms with Crippen molar-refractivity contribution >= 4 is 18.3 Å². The third kappa shape index (κ3) is 3.58. The van der Waals surface area contributed by atoms with E-state index in [2.05, 4.69) is 41.8 Å². The van der Waals surface area contributed by atoms with Crippen LogP contribution in [0.5, 0.6) is 0 Å². The fourth-order valence-corrected chi connectivity index (χ4v) is 5.11. The van der Waals surface area contributed by atoms with Crippen LogP contribution >= 0.6 is 12.4 Å². The van der Waals surface area contributed by atoms with E-state index in [0.29, 0.717) is 17.8 Å². The molecule has 5 rings (SSSR count). The molecule has 2 aliphatic heterocycles. The fourth-order valence-electron chi connectivity index (χ4n) is 5.11. The summed E-state index contributed by atoms with van der Waals surface area (Å²) < 4.78 is 2.01. The molecule has 2 N–H and O–H groups in total. The van der Waals surface area contributed by atoms with Gasteiger partial charge in [-0.05, 0) is 70.4 Å². The van der Waals surface area contributed by atoms with E-state index in [1.807, 2.05) is 4.68 Å². The Morgan fingerprint density at radius 2 is 1.79 bits per heavy atom. The highest BCUT2D eigenvalue weighted by molar-refractivity contribution is 5.94. The SMILES string of the molecule is Cc1ccc(-n2nc(C(=O)NC3CC4CCC(C3)N4)c3c2CCCC3)cc1.Cl. The van der Waals surface area contributed by atoms with Crippen LogP contribution in [0.4, 0.5) is 0 Å². The van der Waals surface area contributed by atoms with Crippen molar-refractivity contribution in [2.24, 2.45) is 0 Å². The van der Waals surface area contributed by atoms with Crippen molar-refractivity contribution in [1.82, 2.24) is 20.4 Å². The molecule has 0 spiro atoms. The number of nitrogens with one attached hydrogen (secondary N) is 2. The molecule has 0 saturated carbocycles. The highest BCUT2D eigenvalue weighted by Crippen LogP contribution is 2.29. The molecule has 1 aromatic carbocycles. The number of carbonyl (C=O) groups is 1. The number of aromatic nitrogens is 2. The number of piperidine rings is 1. The summed E-state index contributed by atoms with van der Waals surface area (Å²) in [6, 6.07) is 9.85. The lowest BCUT2D eigenvalue weighted by Gasteiger charge is -2.29. The third-order valence-electron chi connectivity index (χ3n) is 6.48. The van der Waals surface area contributed by atoms with Crippen LogP contribution in [0, 0.1) is 6.92 Å². The van der Waals surface area contributed by atoms with Gasteiger partial charge in [-0.25, -0.2) is 4.68 Å². The Hall–Kier alpha value is -1.85. The molecule has 3 heterocycles. The largest absolute Gasteiger partial charge is 0.348 e. The monoisotopic (exact) mass is 400 g/mol. The summed E-state index contributed by atoms with van der Waals surface area (Å²) in [5.41, 5.74) is 5.32. The van der Waals surface area contributed by atoms with E-state index >= 15 is 0 Å². The molecule has 2 unspecified atom stereocenters. The lowest BCUT2D eigenvalue weighted by atomic mass is 9.94. The predicted molar refractivity (Wildman–Crippen MR) is 113 cm³/mol. The lowest BCUT2D eigenvalue weighted by Crippen LogP contribution is -2.48. The average Bonchev–Trinajstić information content (AvgIpc) is 3.23. The molecule has 2 atom stereocenters. The number of rotatable bonds is 3. The van der Waals surface area contributed by atoms with Crippen LogP contribution in [0.1, 0.15) is 65.8 Å². The Kier molecular flexibility index (Phi) is 5.48. The van der Waals surface area contributed by atoms with Gasteiger partial charge in [0.15, 0.2) is 5.69 Å². The van der Waals surface area contributed by atoms with Crippen molar-refractivity contribution in [2.45, 2.75) is 76.4 Å². The van der Waals surface area contributed by atoms with Gasteiger partial charge in [-0.3, -0.25) is 4.79 Å². The molecule has 0 radical (unpaired) electrons. The van der Waals surface area contributed by atoms with Gasteiger partial charge < -0.3 is 10.6 Å². The lowest BCUT2D eigenvalue weighted by molar-refractivity contribution is 0.0917. The van der Waals surface area contributed by atoms with Crippen LogP contribution in [0.3, 0.4) is 0 Å². The first-order chi connectivity index (χ1) is 13.2. The van der Waals surface area contributed by atoms with E-state index in [0.717, 1.165) is 43.4 Å². The molecule has 28 heavy (non-hydrogen) atoms. The van der Waals surface area contributed by atoms with E-state index in [9.17, 15) is 4.79 Å². The first kappa shape index (κ1) is 19.5. The van der Waals surface area contributed by atoms with Gasteiger partial charge >= 0.3 is 0 Å². The number of nitrogens with zero attached hydrogens (tertiary/aromatic N) is 2. The van der Waals surface area contributed by atoms with Crippen LogP contribution in [0.25, 0.3) is 5.69 Å². The zero-order valence-corrected chi connectivity index (χ0v) is 17.2. The van der Waals surface area contributed by atoms with Crippen molar-refractivity contribution in [2.75, 3.05) is 0 Å². The maximum atomic E-state index is 13.1. The van der Waals surface area contributed by atoms with E-state index in [1.165, 1.54) is 30.5 Å². The standard InChI is InChI=1S/C22H28N4O.ClH/c1-14-6-10-18(11-7-14)26-20-5-3-2-4-19(20)21(25-26)22(27)24-17-12-15-8-9-16(13-17)23-15;/h6-7,10-11,15-17,23H,2-5,8-9,12-13H2,1H3,(H,24,27);1H. The molecule has 5 nitrogen and oxygen atoms in total. The zero-order valence-electron chi connectivity index (χ0n) is 16.4. The van der Waals surface area contributed by atoms with E-state index < -0.39 is 0 Å². The second kappa shape index (κ2) is 7.88. The number of amides is 1. The molecule has 150 valence electrons. The molecule has 1 aliphatic carbocycles. The van der Waals surface area contributed by atoms with Crippen LogP contribution in [-0.4, -0.2) is 33.8 Å². The first-order valence-electron chi connectivity index (χ1n) is 10.4. The average molecular weight is 401 g/mol. The Bertz CT molecular complexity index is 848. The Morgan fingerprint density at radius 3 is 2.50 bits per heavy atom. The molecule has 6 heteroatoms. The summed E-state index contributed by atoms with van der Waals surface area (Å²) in [7, 11) is 0. The van der Waals surface area contributed by atoms with Crippen molar-refractivity contribution in [3.63, 3.8) is 0 Å². The summed E-state index contributed by atoms with van der Waals surface area (Å²) in [6.07, 6.45) is 8.85. The fraction of sp³-hybridized carbons (Fsp3) is 0.545. The van der Waals surface area contributed by atoms with Crippen molar-refractivity contribution in [1.29, 1.82) is 0 Å². The van der Waals surface area contributed by atoms with Gasteiger partial charge in [0, 0.05) is 29.4 Å². The van der Waals surface area contributed by atoms with Gasteiger partial charge in [-0.2, -0.15) is 5.10 Å². The van der Waals surface area contributed by atoms with Gasteiger partial charge in [0.25, 0.3) is 5.91 Å². The minimum absolute atomic E-state index is 0. The smallest absolute Gasteiger partial charge is 0.272 e. The molecular weight excluding hydrogens is 372 g/mol. The number of benzene rings is 1. The zero-order chi connectivity index (χ0) is 18.4. The number of carbonyl (C=O) groups excluding carboxylic acids is 1. The maximum absolute atomic E-state index is 13.1. The second-order valence-corrected chi connectivity index (χ2v) is 8.51. The number of hydrogen-bond donors (Lipinski definition) is 2. The highest BCUT2D eigenvalue weighted by Gasteiger charge is 2.35. The van der Waals surface area contributed by atoms with Crippen molar-refractivity contribution in [3.05, 3.63) is 46.8 Å². The van der Waals surface area contributed by atoms with Crippen LogP contribution < -0.4 is 10.6 Å². The van der Waals surface area contributed by atoms with Gasteiger partial charge in [0.2, 0.25) is 0 Å². The van der Waals surface area contributed by atoms with Crippen molar-refractivity contribution in [3.8, 4) is 5.69 Å². The molecule has 2 bridgehead atoms. The van der Waals surface area contributed by atoms with Gasteiger partial charge in [-0.15, -0.1) is 12.4 Å². The number of hydrogen-bond acceptors (Lipinski definition) is 3. The summed E-state index contributed by atoms with van der Waals surface area (Å²) in [5, 5.41) is 11.7. The Balaban J connectivity index is 0.00000192. The highest BCUT2D eigenvalue weighted by atomic mass is 35.5. The summed E-state index contributed by atoms with van der Waals surface area (Å²) in [5.74, 6) is 0.0188. The number of aryl methyl sites for hydroxylation is 1. The molecular formula is C22H29ClN4O. The summed E-state index contributed by atoms with van der Waals surface area (Å²) in [6.45, 7) is 2.09. The van der Waals surface area contributed by atoms with Gasteiger partial charge in [0.1, 0.15) is 0 Å². The Morgan fingerprint density at radius 1 is 1.11 bits per heavy atom. The van der Waals surface area contributed by atoms with Gasteiger partial charge in [0.05, 0.1) is 5.69 Å². The summed E-state index contributed by atoms with van der Waals surface area (Å²) in [4.78, 5) is 13.1. The number of halogens is 1. The van der Waals surface area contributed by atoms with E-state index in [4.69, 9.17) is 5.10 Å². The van der Waals surface area contributed by atoms with E-state index in [-0.39, 0.29) is 24.4 Å². The normalized spacial score (nSPS) is 25.7. The molecule has 2 aromatic rings. The topological polar surface area (TPSA) is 59.0 Å². The maximum Gasteiger partial charge on any atom is 0.272 e. The molecule has 1 amide bonds. The van der Waals surface area contributed by atoms with Crippen LogP contribution in [0.15, 0.2) is 24.3 Å². The minimum atomic E-state index is 0. The molecule has 3 aliphatic rings. The quantitative estimate of drug-likeness (QED) is 0.829. The minimum Gasteiger partial charge on any atom is -0.348 e. The molecule has 2 saturated heterocycles. The first-order valence-corrected chi connectivity index (χ1v) is 10.4. The summed E-state index contributed by atoms with van der Waals surface area (Å²) >= 11 is 0. The van der Waals surface area contributed by atoms with Gasteiger partial charge in [-0.1, -0.05) is 17.7 Å². The second-order valence-electron chi connectivity index (χ2n) is 8.51. The van der Waals surface area contributed by atoms with Crippen molar-refractivity contribution < 1.29 is 4.79 Å².